The van der Waals surface area contributed by atoms with E-state index in [-0.39, 0.29) is 35.7 Å². The molecule has 0 atom stereocenters. The molecule has 230 valence electrons. The van der Waals surface area contributed by atoms with Gasteiger partial charge in [0, 0.05) is 17.8 Å². The third-order valence-corrected chi connectivity index (χ3v) is 7.17. The quantitative estimate of drug-likeness (QED) is 0.183. The van der Waals surface area contributed by atoms with E-state index in [9.17, 15) is 22.8 Å². The third-order valence-electron chi connectivity index (χ3n) is 6.24. The van der Waals surface area contributed by atoms with Gasteiger partial charge in [0.2, 0.25) is 5.91 Å². The van der Waals surface area contributed by atoms with Gasteiger partial charge in [-0.1, -0.05) is 49.9 Å². The van der Waals surface area contributed by atoms with Crippen molar-refractivity contribution in [3.05, 3.63) is 83.4 Å². The molecule has 10 nitrogen and oxygen atoms in total. The van der Waals surface area contributed by atoms with Gasteiger partial charge in [0.05, 0.1) is 24.9 Å². The standard InChI is InChI=1S/C30H29F3N6O4S/c1-18(2)24-14-23(42-3)12-13-25(24)39-26(40)16-44-29(39)38-28(41)35-15-19-4-6-20(7-5-19)27(34)37-17-36-21-8-10-22(11-9-21)43-30(31,32)33/h4-14,17-18H,15-16H2,1-3H3,(H,35,41)(H2,34,36,37)/b38-29-. The molecule has 14 heteroatoms. The number of nitrogens with zero attached hydrogens (tertiary/aromatic N) is 3. The lowest BCUT2D eigenvalue weighted by atomic mass is 10.00. The summed E-state index contributed by atoms with van der Waals surface area (Å²) in [7, 11) is 1.58. The second-order valence-electron chi connectivity index (χ2n) is 9.67. The maximum Gasteiger partial charge on any atom is 0.573 e. The minimum Gasteiger partial charge on any atom is -0.497 e. The van der Waals surface area contributed by atoms with Gasteiger partial charge < -0.3 is 20.1 Å². The van der Waals surface area contributed by atoms with Crippen molar-refractivity contribution in [1.82, 2.24) is 5.32 Å². The van der Waals surface area contributed by atoms with Crippen molar-refractivity contribution >= 4 is 52.4 Å². The summed E-state index contributed by atoms with van der Waals surface area (Å²) >= 11 is 1.19. The Bertz CT molecular complexity index is 1580. The summed E-state index contributed by atoms with van der Waals surface area (Å²) in [6.45, 7) is 4.18. The largest absolute Gasteiger partial charge is 0.573 e. The van der Waals surface area contributed by atoms with E-state index in [1.54, 1.807) is 43.5 Å². The fourth-order valence-electron chi connectivity index (χ4n) is 4.09. The molecule has 1 aliphatic rings. The zero-order valence-corrected chi connectivity index (χ0v) is 24.8. The number of urea groups is 1. The van der Waals surface area contributed by atoms with Crippen molar-refractivity contribution < 1.29 is 32.2 Å². The van der Waals surface area contributed by atoms with E-state index in [0.29, 0.717) is 27.9 Å². The number of anilines is 2. The Labute approximate surface area is 255 Å². The number of carbonyl (C=O) groups is 2. The number of carbonyl (C=O) groups excluding carboxylic acids is 2. The number of nitrogens with one attached hydrogen (secondary N) is 3. The predicted molar refractivity (Wildman–Crippen MR) is 165 cm³/mol. The fourth-order valence-corrected chi connectivity index (χ4v) is 4.95. The minimum atomic E-state index is -4.77. The van der Waals surface area contributed by atoms with Gasteiger partial charge in [0.25, 0.3) is 0 Å². The molecular weight excluding hydrogens is 597 g/mol. The Balaban J connectivity index is 1.32. The number of hydrogen-bond donors (Lipinski definition) is 3. The van der Waals surface area contributed by atoms with Gasteiger partial charge in [-0.3, -0.25) is 15.1 Å². The van der Waals surface area contributed by atoms with Gasteiger partial charge in [-0.25, -0.2) is 9.79 Å². The second-order valence-corrected chi connectivity index (χ2v) is 10.6. The molecule has 1 heterocycles. The van der Waals surface area contributed by atoms with E-state index in [1.807, 2.05) is 19.9 Å². The summed E-state index contributed by atoms with van der Waals surface area (Å²) in [5, 5.41) is 13.9. The van der Waals surface area contributed by atoms with Crippen LogP contribution in [0, 0.1) is 5.41 Å². The Morgan fingerprint density at radius 1 is 1.09 bits per heavy atom. The zero-order valence-electron chi connectivity index (χ0n) is 23.9. The molecule has 44 heavy (non-hydrogen) atoms. The van der Waals surface area contributed by atoms with Crippen LogP contribution in [0.5, 0.6) is 11.5 Å². The molecule has 0 spiro atoms. The molecule has 0 bridgehead atoms. The number of amidine groups is 2. The number of ether oxygens (including phenoxy) is 2. The highest BCUT2D eigenvalue weighted by Gasteiger charge is 2.33. The van der Waals surface area contributed by atoms with Gasteiger partial charge in [-0.15, -0.1) is 13.2 Å². The number of benzene rings is 3. The molecule has 3 N–H and O–H groups in total. The van der Waals surface area contributed by atoms with Crippen LogP contribution in [0.4, 0.5) is 29.3 Å². The van der Waals surface area contributed by atoms with Crippen molar-refractivity contribution in [2.75, 3.05) is 23.1 Å². The summed E-state index contributed by atoms with van der Waals surface area (Å²) in [4.78, 5) is 35.0. The van der Waals surface area contributed by atoms with E-state index in [4.69, 9.17) is 10.1 Å². The van der Waals surface area contributed by atoms with Crippen molar-refractivity contribution in [2.45, 2.75) is 32.7 Å². The number of aliphatic imine (C=N–C) groups is 2. The van der Waals surface area contributed by atoms with Crippen LogP contribution in [0.3, 0.4) is 0 Å². The van der Waals surface area contributed by atoms with Crippen molar-refractivity contribution in [3.63, 3.8) is 0 Å². The topological polar surface area (TPSA) is 128 Å². The first-order valence-electron chi connectivity index (χ1n) is 13.3. The average molecular weight is 627 g/mol. The maximum atomic E-state index is 12.7. The first-order chi connectivity index (χ1) is 20.9. The van der Waals surface area contributed by atoms with Crippen molar-refractivity contribution in [1.29, 1.82) is 5.41 Å². The van der Waals surface area contributed by atoms with Crippen LogP contribution in [-0.4, -0.2) is 48.5 Å². The number of amides is 3. The summed E-state index contributed by atoms with van der Waals surface area (Å²) in [6.07, 6.45) is -3.52. The first kappa shape index (κ1) is 32.1. The lowest BCUT2D eigenvalue weighted by Crippen LogP contribution is -2.32. The summed E-state index contributed by atoms with van der Waals surface area (Å²) in [5.41, 5.74) is 3.27. The number of methoxy groups -OCH3 is 1. The molecule has 0 radical (unpaired) electrons. The molecule has 0 aliphatic carbocycles. The van der Waals surface area contributed by atoms with Crippen LogP contribution in [0.25, 0.3) is 0 Å². The first-order valence-corrected chi connectivity index (χ1v) is 14.2. The van der Waals surface area contributed by atoms with Crippen LogP contribution in [0.15, 0.2) is 76.7 Å². The minimum absolute atomic E-state index is 0.0566. The summed E-state index contributed by atoms with van der Waals surface area (Å²) in [6, 6.07) is 16.7. The normalized spacial score (nSPS) is 14.4. The van der Waals surface area contributed by atoms with E-state index < -0.39 is 12.4 Å². The van der Waals surface area contributed by atoms with Crippen LogP contribution >= 0.6 is 11.8 Å². The molecule has 0 aromatic heterocycles. The van der Waals surface area contributed by atoms with Crippen LogP contribution in [-0.2, 0) is 11.3 Å². The van der Waals surface area contributed by atoms with Gasteiger partial charge in [0.15, 0.2) is 11.0 Å². The van der Waals surface area contributed by atoms with Gasteiger partial charge in [-0.05, 0) is 59.5 Å². The average Bonchev–Trinajstić information content (AvgIpc) is 3.35. The van der Waals surface area contributed by atoms with Crippen LogP contribution < -0.4 is 25.0 Å². The molecule has 4 rings (SSSR count). The molecule has 0 unspecified atom stereocenters. The molecule has 0 saturated carbocycles. The van der Waals surface area contributed by atoms with Gasteiger partial charge in [-0.2, -0.15) is 4.99 Å². The smallest absolute Gasteiger partial charge is 0.497 e. The third kappa shape index (κ3) is 8.60. The van der Waals surface area contributed by atoms with E-state index >= 15 is 0 Å². The summed E-state index contributed by atoms with van der Waals surface area (Å²) < 4.78 is 46.0. The SMILES string of the molecule is COc1ccc(N2C(=O)CS/C2=N\C(=O)NCc2ccc(C(=N)/N=C\Nc3ccc(OC(F)(F)F)cc3)cc2)c(C(C)C)c1. The van der Waals surface area contributed by atoms with Crippen LogP contribution in [0.1, 0.15) is 36.5 Å². The number of hydrogen-bond acceptors (Lipinski definition) is 6. The molecule has 3 aromatic rings. The fraction of sp³-hybridized carbons (Fsp3) is 0.233. The molecule has 1 aliphatic heterocycles. The zero-order chi connectivity index (χ0) is 31.9. The Kier molecular flexibility index (Phi) is 10.3. The predicted octanol–water partition coefficient (Wildman–Crippen LogP) is 6.53. The maximum absolute atomic E-state index is 12.7. The van der Waals surface area contributed by atoms with Gasteiger partial charge >= 0.3 is 12.4 Å². The van der Waals surface area contributed by atoms with E-state index in [2.05, 4.69) is 25.4 Å². The second kappa shape index (κ2) is 14.1. The Morgan fingerprint density at radius 3 is 2.41 bits per heavy atom. The number of rotatable bonds is 9. The lowest BCUT2D eigenvalue weighted by molar-refractivity contribution is -0.274. The molecular formula is C30H29F3N6O4S. The highest BCUT2D eigenvalue weighted by Crippen LogP contribution is 2.35. The summed E-state index contributed by atoms with van der Waals surface area (Å²) in [5.74, 6) is 0.369. The van der Waals surface area contributed by atoms with Gasteiger partial charge in [0.1, 0.15) is 11.5 Å². The van der Waals surface area contributed by atoms with E-state index in [1.165, 1.54) is 35.1 Å². The van der Waals surface area contributed by atoms with Crippen molar-refractivity contribution in [3.8, 4) is 11.5 Å². The highest BCUT2D eigenvalue weighted by molar-refractivity contribution is 8.15. The molecule has 3 amide bonds. The van der Waals surface area contributed by atoms with Crippen molar-refractivity contribution in [2.24, 2.45) is 9.98 Å². The molecule has 1 saturated heterocycles. The Morgan fingerprint density at radius 2 is 1.77 bits per heavy atom. The van der Waals surface area contributed by atoms with Crippen LogP contribution in [0.2, 0.25) is 0 Å². The highest BCUT2D eigenvalue weighted by atomic mass is 32.2. The number of alkyl halides is 3. The Hall–Kier alpha value is -4.85. The molecule has 1 fully saturated rings. The number of thioether (sulfide) groups is 1. The monoisotopic (exact) mass is 626 g/mol. The lowest BCUT2D eigenvalue weighted by Gasteiger charge is -2.22. The van der Waals surface area contributed by atoms with E-state index in [0.717, 1.165) is 23.3 Å². The molecule has 3 aromatic carbocycles. The number of halogens is 3.